The van der Waals surface area contributed by atoms with Crippen LogP contribution in [-0.2, 0) is 6.54 Å². The van der Waals surface area contributed by atoms with Gasteiger partial charge in [0.05, 0.1) is 0 Å². The van der Waals surface area contributed by atoms with Crippen molar-refractivity contribution >= 4 is 22.7 Å². The lowest BCUT2D eigenvalue weighted by molar-refractivity contribution is 0.287. The average Bonchev–Trinajstić information content (AvgIpc) is 3.12. The Morgan fingerprint density at radius 3 is 2.80 bits per heavy atom. The quantitative estimate of drug-likeness (QED) is 0.695. The smallest absolute Gasteiger partial charge is 0.0351 e. The highest BCUT2D eigenvalue weighted by atomic mass is 32.1. The molecule has 0 spiro atoms. The van der Waals surface area contributed by atoms with Gasteiger partial charge in [0.1, 0.15) is 0 Å². The van der Waals surface area contributed by atoms with Crippen molar-refractivity contribution in [3.63, 3.8) is 0 Å². The number of nitrogens with one attached hydrogen (secondary N) is 1. The van der Waals surface area contributed by atoms with Gasteiger partial charge in [-0.05, 0) is 42.4 Å². The van der Waals surface area contributed by atoms with E-state index in [1.54, 1.807) is 0 Å². The van der Waals surface area contributed by atoms with E-state index in [0.717, 1.165) is 26.2 Å². The van der Waals surface area contributed by atoms with E-state index in [2.05, 4.69) is 53.0 Å². The lowest BCUT2D eigenvalue weighted by atomic mass is 10.2. The molecule has 0 fully saturated rings. The first-order valence-corrected chi connectivity index (χ1v) is 9.13. The number of nitrogens with zero attached hydrogens (tertiary/aromatic N) is 1. The Labute approximate surface area is 130 Å². The zero-order chi connectivity index (χ0) is 14.2. The van der Waals surface area contributed by atoms with Gasteiger partial charge in [0, 0.05) is 35.0 Å². The summed E-state index contributed by atoms with van der Waals surface area (Å²) in [6, 6.07) is 6.61. The predicted octanol–water partition coefficient (Wildman–Crippen LogP) is 4.30. The number of likely N-dealkylation sites (N-methyl/N-ethyl adjacent to an activating group) is 1. The molecule has 0 radical (unpaired) electrons. The van der Waals surface area contributed by atoms with Crippen LogP contribution in [0.25, 0.3) is 10.4 Å². The van der Waals surface area contributed by atoms with Crippen LogP contribution in [0, 0.1) is 0 Å². The van der Waals surface area contributed by atoms with Gasteiger partial charge in [0.15, 0.2) is 0 Å². The fourth-order valence-corrected chi connectivity index (χ4v) is 3.88. The minimum atomic E-state index is 0.986. The van der Waals surface area contributed by atoms with E-state index in [1.807, 2.05) is 22.7 Å². The predicted molar refractivity (Wildman–Crippen MR) is 91.7 cm³/mol. The number of thiophene rings is 2. The van der Waals surface area contributed by atoms with Crippen LogP contribution in [0.1, 0.15) is 25.1 Å². The maximum atomic E-state index is 3.56. The van der Waals surface area contributed by atoms with Crippen LogP contribution in [0.2, 0.25) is 0 Å². The van der Waals surface area contributed by atoms with Crippen LogP contribution in [0.5, 0.6) is 0 Å². The Morgan fingerprint density at radius 1 is 1.20 bits per heavy atom. The molecule has 2 heterocycles. The highest BCUT2D eigenvalue weighted by Crippen LogP contribution is 2.29. The first kappa shape index (κ1) is 15.7. The second-order valence-electron chi connectivity index (χ2n) is 4.89. The molecule has 4 heteroatoms. The summed E-state index contributed by atoms with van der Waals surface area (Å²) in [5.41, 5.74) is 1.36. The molecule has 0 unspecified atom stereocenters. The van der Waals surface area contributed by atoms with E-state index in [4.69, 9.17) is 0 Å². The molecule has 0 saturated heterocycles. The number of rotatable bonds is 9. The molecule has 2 rings (SSSR count). The second kappa shape index (κ2) is 8.57. The summed E-state index contributed by atoms with van der Waals surface area (Å²) in [6.07, 6.45) is 1.24. The minimum Gasteiger partial charge on any atom is -0.311 e. The van der Waals surface area contributed by atoms with Gasteiger partial charge in [0.25, 0.3) is 0 Å². The largest absolute Gasteiger partial charge is 0.311 e. The molecule has 0 atom stereocenters. The fourth-order valence-electron chi connectivity index (χ4n) is 2.24. The zero-order valence-electron chi connectivity index (χ0n) is 12.4. The van der Waals surface area contributed by atoms with Gasteiger partial charge in [-0.1, -0.05) is 19.9 Å². The van der Waals surface area contributed by atoms with Crippen molar-refractivity contribution in [1.82, 2.24) is 10.2 Å². The van der Waals surface area contributed by atoms with Gasteiger partial charge in [0.2, 0.25) is 0 Å². The molecule has 2 aromatic rings. The summed E-state index contributed by atoms with van der Waals surface area (Å²) in [5, 5.41) is 7.95. The SMILES string of the molecule is CCCN(CC)CCNCc1cc(-c2cccs2)cs1. The van der Waals surface area contributed by atoms with Crippen LogP contribution >= 0.6 is 22.7 Å². The summed E-state index contributed by atoms with van der Waals surface area (Å²) in [6.45, 7) is 10.0. The monoisotopic (exact) mass is 308 g/mol. The first-order chi connectivity index (χ1) is 9.83. The maximum Gasteiger partial charge on any atom is 0.0351 e. The highest BCUT2D eigenvalue weighted by Gasteiger charge is 2.04. The molecule has 0 aliphatic heterocycles. The fraction of sp³-hybridized carbons (Fsp3) is 0.500. The second-order valence-corrected chi connectivity index (χ2v) is 6.83. The third-order valence-electron chi connectivity index (χ3n) is 3.35. The minimum absolute atomic E-state index is 0.986. The molecule has 20 heavy (non-hydrogen) atoms. The van der Waals surface area contributed by atoms with Crippen molar-refractivity contribution in [3.05, 3.63) is 33.8 Å². The molecule has 2 aromatic heterocycles. The van der Waals surface area contributed by atoms with Crippen LogP contribution in [0.15, 0.2) is 29.0 Å². The lowest BCUT2D eigenvalue weighted by Gasteiger charge is -2.19. The summed E-state index contributed by atoms with van der Waals surface area (Å²) in [4.78, 5) is 5.29. The van der Waals surface area contributed by atoms with E-state index in [9.17, 15) is 0 Å². The molecule has 0 aliphatic carbocycles. The van der Waals surface area contributed by atoms with E-state index < -0.39 is 0 Å². The third kappa shape index (κ3) is 4.70. The van der Waals surface area contributed by atoms with Gasteiger partial charge in [-0.2, -0.15) is 0 Å². The molecule has 2 nitrogen and oxygen atoms in total. The number of hydrogen-bond acceptors (Lipinski definition) is 4. The molecular formula is C16H24N2S2. The van der Waals surface area contributed by atoms with Crippen LogP contribution in [-0.4, -0.2) is 31.1 Å². The first-order valence-electron chi connectivity index (χ1n) is 7.37. The van der Waals surface area contributed by atoms with Gasteiger partial charge in [-0.3, -0.25) is 0 Å². The van der Waals surface area contributed by atoms with E-state index in [0.29, 0.717) is 0 Å². The Bertz CT molecular complexity index is 476. The van der Waals surface area contributed by atoms with E-state index in [-0.39, 0.29) is 0 Å². The van der Waals surface area contributed by atoms with Crippen molar-refractivity contribution in [2.45, 2.75) is 26.8 Å². The summed E-state index contributed by atoms with van der Waals surface area (Å²) in [5.74, 6) is 0. The maximum absolute atomic E-state index is 3.56. The molecule has 0 saturated carbocycles. The Kier molecular flexibility index (Phi) is 6.73. The van der Waals surface area contributed by atoms with Gasteiger partial charge in [-0.25, -0.2) is 0 Å². The van der Waals surface area contributed by atoms with Gasteiger partial charge in [-0.15, -0.1) is 22.7 Å². The molecular weight excluding hydrogens is 284 g/mol. The topological polar surface area (TPSA) is 15.3 Å². The van der Waals surface area contributed by atoms with E-state index >= 15 is 0 Å². The normalized spacial score (nSPS) is 11.3. The zero-order valence-corrected chi connectivity index (χ0v) is 14.0. The third-order valence-corrected chi connectivity index (χ3v) is 5.21. The Hall–Kier alpha value is -0.680. The summed E-state index contributed by atoms with van der Waals surface area (Å²) in [7, 11) is 0. The summed E-state index contributed by atoms with van der Waals surface area (Å²) < 4.78 is 0. The van der Waals surface area contributed by atoms with Crippen molar-refractivity contribution in [2.24, 2.45) is 0 Å². The van der Waals surface area contributed by atoms with Crippen LogP contribution in [0.4, 0.5) is 0 Å². The van der Waals surface area contributed by atoms with Crippen molar-refractivity contribution in [2.75, 3.05) is 26.2 Å². The molecule has 0 aliphatic rings. The van der Waals surface area contributed by atoms with Crippen molar-refractivity contribution < 1.29 is 0 Å². The van der Waals surface area contributed by atoms with Crippen LogP contribution < -0.4 is 5.32 Å². The Balaban J connectivity index is 1.72. The van der Waals surface area contributed by atoms with E-state index in [1.165, 1.54) is 28.3 Å². The standard InChI is InChI=1S/C16H24N2S2/c1-3-8-18(4-2)9-7-17-12-15-11-14(13-20-15)16-6-5-10-19-16/h5-6,10-11,13,17H,3-4,7-9,12H2,1-2H3. The molecule has 110 valence electrons. The van der Waals surface area contributed by atoms with Gasteiger partial charge >= 0.3 is 0 Å². The molecule has 0 amide bonds. The Morgan fingerprint density at radius 2 is 2.10 bits per heavy atom. The lowest BCUT2D eigenvalue weighted by Crippen LogP contribution is -2.32. The molecule has 0 aromatic carbocycles. The highest BCUT2D eigenvalue weighted by molar-refractivity contribution is 7.14. The van der Waals surface area contributed by atoms with Gasteiger partial charge < -0.3 is 10.2 Å². The summed E-state index contributed by atoms with van der Waals surface area (Å²) >= 11 is 3.66. The molecule has 1 N–H and O–H groups in total. The average molecular weight is 309 g/mol. The van der Waals surface area contributed by atoms with Crippen molar-refractivity contribution in [3.8, 4) is 10.4 Å². The van der Waals surface area contributed by atoms with Crippen LogP contribution in [0.3, 0.4) is 0 Å². The molecule has 0 bridgehead atoms. The number of hydrogen-bond donors (Lipinski definition) is 1. The van der Waals surface area contributed by atoms with Crippen molar-refractivity contribution in [1.29, 1.82) is 0 Å².